The highest BCUT2D eigenvalue weighted by Gasteiger charge is 2.58. The Morgan fingerprint density at radius 3 is 1.58 bits per heavy atom. The van der Waals surface area contributed by atoms with Crippen molar-refractivity contribution < 1.29 is 33.0 Å². The van der Waals surface area contributed by atoms with Gasteiger partial charge in [-0.25, -0.2) is 0 Å². The van der Waals surface area contributed by atoms with Gasteiger partial charge in [-0.1, -0.05) is 0 Å². The van der Waals surface area contributed by atoms with Crippen molar-refractivity contribution in [2.75, 3.05) is 13.7 Å². The second-order valence-electron chi connectivity index (χ2n) is 9.77. The fourth-order valence-electron chi connectivity index (χ4n) is 2.84. The number of hydrogen-bond acceptors (Lipinski definition) is 7. The fourth-order valence-corrected chi connectivity index (χ4v) is 6.05. The minimum absolute atomic E-state index is 0.549. The number of methoxy groups -OCH3 is 1. The van der Waals surface area contributed by atoms with Gasteiger partial charge in [-0.15, -0.1) is 0 Å². The summed E-state index contributed by atoms with van der Waals surface area (Å²) in [5.74, 6) is -1.91. The van der Waals surface area contributed by atoms with Crippen LogP contribution in [0.4, 0.5) is 0 Å². The maximum Gasteiger partial charge on any atom is 0.220 e. The molecule has 2 N–H and O–H groups in total. The van der Waals surface area contributed by atoms with Crippen LogP contribution in [0, 0.1) is 0 Å². The number of rotatable bonds is 8. The van der Waals surface area contributed by atoms with Crippen molar-refractivity contribution >= 4 is 25.0 Å². The van der Waals surface area contributed by atoms with Gasteiger partial charge in [0.2, 0.25) is 5.79 Å². The molecule has 1 rings (SSSR count). The van der Waals surface area contributed by atoms with Crippen LogP contribution in [0.25, 0.3) is 0 Å². The van der Waals surface area contributed by atoms with E-state index >= 15 is 0 Å². The summed E-state index contributed by atoms with van der Waals surface area (Å²) in [5.41, 5.74) is 0. The molecule has 1 fully saturated rings. The second-order valence-corrected chi connectivity index (χ2v) is 23.1. The summed E-state index contributed by atoms with van der Waals surface area (Å²) < 4.78 is 30.3. The molecule has 5 atom stereocenters. The Labute approximate surface area is 161 Å². The van der Waals surface area contributed by atoms with E-state index in [1.807, 2.05) is 19.6 Å². The molecular weight excluding hydrogens is 388 g/mol. The lowest BCUT2D eigenvalue weighted by Crippen LogP contribution is -2.71. The van der Waals surface area contributed by atoms with Crippen LogP contribution in [-0.2, 0) is 22.8 Å². The largest absolute Gasteiger partial charge is 0.409 e. The van der Waals surface area contributed by atoms with Crippen molar-refractivity contribution in [3.05, 3.63) is 0 Å². The molecular formula is C16H38O7Si3. The first-order valence-corrected chi connectivity index (χ1v) is 19.3. The molecule has 1 unspecified atom stereocenters. The third kappa shape index (κ3) is 7.08. The van der Waals surface area contributed by atoms with Gasteiger partial charge in [0.1, 0.15) is 18.3 Å². The van der Waals surface area contributed by atoms with Crippen LogP contribution in [0.1, 0.15) is 0 Å². The van der Waals surface area contributed by atoms with Crippen LogP contribution in [0.15, 0.2) is 0 Å². The number of hydrogen-bond donors (Lipinski definition) is 2. The molecule has 0 bridgehead atoms. The molecule has 0 aromatic heterocycles. The standard InChI is InChI=1S/C16H38O7Si3/c1-19-15-13(22-25(5,6)7)12(21-24(2,3)4)14(23-26(8,9)10)16(18,11-17)20-15/h12-15,17-18H,11H2,1-10H3/t12-,13+,14+,15+,16?/m1/s1. The molecule has 0 aromatic carbocycles. The fraction of sp³-hybridized carbons (Fsp3) is 1.00. The molecule has 156 valence electrons. The summed E-state index contributed by atoms with van der Waals surface area (Å²) in [6, 6.07) is 0. The quantitative estimate of drug-likeness (QED) is 0.576. The van der Waals surface area contributed by atoms with E-state index in [0.29, 0.717) is 0 Å². The summed E-state index contributed by atoms with van der Waals surface area (Å²) >= 11 is 0. The van der Waals surface area contributed by atoms with Gasteiger partial charge in [0.15, 0.2) is 31.2 Å². The zero-order valence-electron chi connectivity index (χ0n) is 18.0. The van der Waals surface area contributed by atoms with E-state index in [1.165, 1.54) is 7.11 Å². The Hall–Kier alpha value is 0.371. The Balaban J connectivity index is 3.40. The average molecular weight is 427 g/mol. The van der Waals surface area contributed by atoms with Gasteiger partial charge >= 0.3 is 0 Å². The predicted octanol–water partition coefficient (Wildman–Crippen LogP) is 2.33. The zero-order chi connectivity index (χ0) is 20.6. The molecule has 1 heterocycles. The Morgan fingerprint density at radius 1 is 0.808 bits per heavy atom. The topological polar surface area (TPSA) is 86.6 Å². The van der Waals surface area contributed by atoms with E-state index in [9.17, 15) is 10.2 Å². The maximum absolute atomic E-state index is 11.0. The van der Waals surface area contributed by atoms with Gasteiger partial charge in [0.05, 0.1) is 6.61 Å². The Bertz CT molecular complexity index is 458. The van der Waals surface area contributed by atoms with E-state index in [4.69, 9.17) is 22.8 Å². The lowest BCUT2D eigenvalue weighted by atomic mass is 9.96. The van der Waals surface area contributed by atoms with Gasteiger partial charge in [-0.2, -0.15) is 0 Å². The van der Waals surface area contributed by atoms with Gasteiger partial charge in [0, 0.05) is 7.11 Å². The van der Waals surface area contributed by atoms with Crippen LogP contribution in [0.2, 0.25) is 58.9 Å². The Morgan fingerprint density at radius 2 is 1.23 bits per heavy atom. The summed E-state index contributed by atoms with van der Waals surface area (Å²) in [6.07, 6.45) is -2.87. The highest BCUT2D eigenvalue weighted by molar-refractivity contribution is 6.70. The molecule has 1 aliphatic heterocycles. The highest BCUT2D eigenvalue weighted by Crippen LogP contribution is 2.37. The predicted molar refractivity (Wildman–Crippen MR) is 109 cm³/mol. The molecule has 1 saturated heterocycles. The third-order valence-electron chi connectivity index (χ3n) is 3.57. The van der Waals surface area contributed by atoms with Gasteiger partial charge in [-0.3, -0.25) is 0 Å². The number of aliphatic hydroxyl groups excluding tert-OH is 1. The molecule has 0 aromatic rings. The minimum atomic E-state index is -2.09. The first kappa shape index (κ1) is 24.4. The van der Waals surface area contributed by atoms with Crippen molar-refractivity contribution in [3.63, 3.8) is 0 Å². The SMILES string of the molecule is CO[C@H]1OC(O)(CO)[C@@H](O[Si](C)(C)C)[C@H](O[Si](C)(C)C)[C@@H]1O[Si](C)(C)C. The molecule has 10 heteroatoms. The highest BCUT2D eigenvalue weighted by atomic mass is 28.4. The third-order valence-corrected chi connectivity index (χ3v) is 6.49. The second kappa shape index (κ2) is 8.39. The zero-order valence-corrected chi connectivity index (χ0v) is 21.0. The van der Waals surface area contributed by atoms with Crippen molar-refractivity contribution in [1.29, 1.82) is 0 Å². The molecule has 1 aliphatic rings. The molecule has 0 radical (unpaired) electrons. The summed E-state index contributed by atoms with van der Waals surface area (Å²) in [4.78, 5) is 0. The molecule has 0 spiro atoms. The molecule has 0 saturated carbocycles. The lowest BCUT2D eigenvalue weighted by molar-refractivity contribution is -0.386. The van der Waals surface area contributed by atoms with Crippen LogP contribution in [-0.4, -0.2) is 79.3 Å². The van der Waals surface area contributed by atoms with Crippen molar-refractivity contribution in [2.45, 2.75) is 89.3 Å². The first-order chi connectivity index (χ1) is 11.5. The van der Waals surface area contributed by atoms with Gasteiger partial charge in [-0.05, 0) is 58.9 Å². The summed E-state index contributed by atoms with van der Waals surface area (Å²) in [5, 5.41) is 20.9. The number of aliphatic hydroxyl groups is 2. The lowest BCUT2D eigenvalue weighted by Gasteiger charge is -2.53. The van der Waals surface area contributed by atoms with Gasteiger partial charge < -0.3 is 33.0 Å². The summed E-state index contributed by atoms with van der Waals surface area (Å²) in [6.45, 7) is 17.9. The average Bonchev–Trinajstić information content (AvgIpc) is 2.42. The van der Waals surface area contributed by atoms with E-state index in [0.717, 1.165) is 0 Å². The van der Waals surface area contributed by atoms with E-state index in [-0.39, 0.29) is 0 Å². The van der Waals surface area contributed by atoms with Crippen LogP contribution >= 0.6 is 0 Å². The van der Waals surface area contributed by atoms with Crippen LogP contribution < -0.4 is 0 Å². The van der Waals surface area contributed by atoms with Crippen molar-refractivity contribution in [1.82, 2.24) is 0 Å². The van der Waals surface area contributed by atoms with E-state index < -0.39 is 61.9 Å². The smallest absolute Gasteiger partial charge is 0.220 e. The van der Waals surface area contributed by atoms with Crippen LogP contribution in [0.3, 0.4) is 0 Å². The van der Waals surface area contributed by atoms with E-state index in [1.54, 1.807) is 0 Å². The van der Waals surface area contributed by atoms with Crippen molar-refractivity contribution in [2.24, 2.45) is 0 Å². The number of ether oxygens (including phenoxy) is 2. The van der Waals surface area contributed by atoms with Crippen LogP contribution in [0.5, 0.6) is 0 Å². The minimum Gasteiger partial charge on any atom is -0.409 e. The molecule has 0 aliphatic carbocycles. The molecule has 0 amide bonds. The first-order valence-electron chi connectivity index (χ1n) is 9.09. The van der Waals surface area contributed by atoms with Crippen molar-refractivity contribution in [3.8, 4) is 0 Å². The maximum atomic E-state index is 11.0. The Kier molecular flexibility index (Phi) is 7.88. The normalized spacial score (nSPS) is 34.2. The molecule has 7 nitrogen and oxygen atoms in total. The monoisotopic (exact) mass is 426 g/mol. The summed E-state index contributed by atoms with van der Waals surface area (Å²) in [7, 11) is -4.60. The van der Waals surface area contributed by atoms with E-state index in [2.05, 4.69) is 39.3 Å². The molecule has 26 heavy (non-hydrogen) atoms. The van der Waals surface area contributed by atoms with Gasteiger partial charge in [0.25, 0.3) is 0 Å².